The molecule has 2 aromatic rings. The first kappa shape index (κ1) is 23.0. The van der Waals surface area contributed by atoms with Gasteiger partial charge < -0.3 is 24.4 Å². The van der Waals surface area contributed by atoms with Crippen LogP contribution >= 0.6 is 0 Å². The van der Waals surface area contributed by atoms with Crippen molar-refractivity contribution in [2.45, 2.75) is 26.4 Å². The molecule has 0 spiro atoms. The number of nitrogens with one attached hydrogen (secondary N) is 2. The van der Waals surface area contributed by atoms with Gasteiger partial charge in [0.25, 0.3) is 11.6 Å². The largest absolute Gasteiger partial charge is 0.495 e. The van der Waals surface area contributed by atoms with Gasteiger partial charge in [0.05, 0.1) is 38.5 Å². The number of carbonyl (C=O) groups is 1. The number of nitro benzene ring substituents is 1. The fraction of sp³-hybridized carbons (Fsp3) is 0.381. The van der Waals surface area contributed by atoms with E-state index in [2.05, 4.69) is 5.32 Å². The molecular weight excluding hydrogens is 390 g/mol. The zero-order chi connectivity index (χ0) is 22.3. The van der Waals surface area contributed by atoms with Crippen LogP contribution < -0.4 is 24.4 Å². The molecule has 0 fully saturated rings. The van der Waals surface area contributed by atoms with Crippen molar-refractivity contribution in [3.63, 3.8) is 0 Å². The summed E-state index contributed by atoms with van der Waals surface area (Å²) in [5.74, 6) is 1.39. The number of amides is 1. The summed E-state index contributed by atoms with van der Waals surface area (Å²) in [4.78, 5) is 24.2. The number of methoxy groups -OCH3 is 2. The number of rotatable bonds is 10. The van der Waals surface area contributed by atoms with Crippen LogP contribution in [0, 0.1) is 10.1 Å². The van der Waals surface area contributed by atoms with Crippen molar-refractivity contribution in [1.29, 1.82) is 0 Å². The van der Waals surface area contributed by atoms with E-state index in [0.717, 1.165) is 10.5 Å². The van der Waals surface area contributed by atoms with E-state index in [1.165, 1.54) is 25.3 Å². The van der Waals surface area contributed by atoms with E-state index in [-0.39, 0.29) is 17.3 Å². The number of quaternary nitrogens is 1. The Morgan fingerprint density at radius 3 is 2.40 bits per heavy atom. The summed E-state index contributed by atoms with van der Waals surface area (Å²) in [5, 5.41) is 13.8. The fourth-order valence-electron chi connectivity index (χ4n) is 2.94. The van der Waals surface area contributed by atoms with Crippen molar-refractivity contribution in [3.05, 3.63) is 52.1 Å². The average Bonchev–Trinajstić information content (AvgIpc) is 2.74. The van der Waals surface area contributed by atoms with Crippen molar-refractivity contribution in [2.24, 2.45) is 0 Å². The lowest BCUT2D eigenvalue weighted by Crippen LogP contribution is -3.12. The Balaban J connectivity index is 2.11. The van der Waals surface area contributed by atoms with Gasteiger partial charge in [-0.05, 0) is 38.1 Å². The SMILES string of the molecule is CCOc1ccc(C[NH+](C)[C@H](C)C(=O)Nc2cc([N+](=O)[O-])ccc2OC)cc1OC. The van der Waals surface area contributed by atoms with Gasteiger partial charge in [-0.2, -0.15) is 0 Å². The lowest BCUT2D eigenvalue weighted by molar-refractivity contribution is -0.907. The molecule has 2 aromatic carbocycles. The van der Waals surface area contributed by atoms with Crippen molar-refractivity contribution in [2.75, 3.05) is 33.2 Å². The number of nitrogens with zero attached hydrogens (tertiary/aromatic N) is 1. The molecule has 0 saturated carbocycles. The normalized spacial score (nSPS) is 12.6. The Kier molecular flexibility index (Phi) is 7.99. The molecular formula is C21H28N3O6+. The molecule has 2 rings (SSSR count). The molecule has 0 aromatic heterocycles. The van der Waals surface area contributed by atoms with Gasteiger partial charge in [-0.1, -0.05) is 0 Å². The highest BCUT2D eigenvalue weighted by Crippen LogP contribution is 2.29. The molecule has 0 aliphatic heterocycles. The molecule has 2 atom stereocenters. The smallest absolute Gasteiger partial charge is 0.282 e. The number of non-ortho nitro benzene ring substituents is 1. The molecule has 2 N–H and O–H groups in total. The van der Waals surface area contributed by atoms with E-state index in [0.29, 0.717) is 30.4 Å². The molecule has 30 heavy (non-hydrogen) atoms. The van der Waals surface area contributed by atoms with Gasteiger partial charge in [0.15, 0.2) is 17.5 Å². The van der Waals surface area contributed by atoms with Crippen LogP contribution in [0.5, 0.6) is 17.2 Å². The predicted molar refractivity (Wildman–Crippen MR) is 112 cm³/mol. The Hall–Kier alpha value is -3.33. The fourth-order valence-corrected chi connectivity index (χ4v) is 2.94. The molecule has 1 amide bonds. The molecule has 0 heterocycles. The molecule has 0 aliphatic carbocycles. The molecule has 0 bridgehead atoms. The maximum absolute atomic E-state index is 12.8. The minimum absolute atomic E-state index is 0.124. The van der Waals surface area contributed by atoms with E-state index in [9.17, 15) is 14.9 Å². The number of benzene rings is 2. The van der Waals surface area contributed by atoms with Crippen LogP contribution in [0.15, 0.2) is 36.4 Å². The zero-order valence-corrected chi connectivity index (χ0v) is 17.9. The summed E-state index contributed by atoms with van der Waals surface area (Å²) in [6.45, 7) is 4.81. The van der Waals surface area contributed by atoms with Crippen LogP contribution in [-0.2, 0) is 11.3 Å². The lowest BCUT2D eigenvalue weighted by Gasteiger charge is -2.22. The van der Waals surface area contributed by atoms with E-state index in [4.69, 9.17) is 14.2 Å². The van der Waals surface area contributed by atoms with E-state index < -0.39 is 11.0 Å². The molecule has 0 saturated heterocycles. The Labute approximate surface area is 175 Å². The Morgan fingerprint density at radius 2 is 1.80 bits per heavy atom. The number of ether oxygens (including phenoxy) is 3. The van der Waals surface area contributed by atoms with Gasteiger partial charge in [-0.25, -0.2) is 0 Å². The highest BCUT2D eigenvalue weighted by molar-refractivity contribution is 5.95. The first-order valence-corrected chi connectivity index (χ1v) is 9.56. The number of hydrogen-bond donors (Lipinski definition) is 2. The van der Waals surface area contributed by atoms with Crippen LogP contribution in [0.3, 0.4) is 0 Å². The summed E-state index contributed by atoms with van der Waals surface area (Å²) >= 11 is 0. The standard InChI is InChI=1S/C21H27N3O6/c1-6-30-19-9-7-15(11-20(19)29-5)13-23(3)14(2)21(25)22-17-12-16(24(26)27)8-10-18(17)28-4/h7-12,14H,6,13H2,1-5H3,(H,22,25)/p+1/t14-/m1/s1. The van der Waals surface area contributed by atoms with Crippen LogP contribution in [0.4, 0.5) is 11.4 Å². The summed E-state index contributed by atoms with van der Waals surface area (Å²) in [7, 11) is 4.93. The van der Waals surface area contributed by atoms with Gasteiger partial charge in [0.1, 0.15) is 12.3 Å². The maximum atomic E-state index is 12.8. The molecule has 0 aliphatic rings. The number of anilines is 1. The third-order valence-corrected chi connectivity index (χ3v) is 4.80. The Morgan fingerprint density at radius 1 is 1.13 bits per heavy atom. The highest BCUT2D eigenvalue weighted by atomic mass is 16.6. The van der Waals surface area contributed by atoms with Crippen molar-refractivity contribution < 1.29 is 28.8 Å². The topological polar surface area (TPSA) is 104 Å². The minimum Gasteiger partial charge on any atom is -0.495 e. The second-order valence-electron chi connectivity index (χ2n) is 6.79. The third kappa shape index (κ3) is 5.60. The van der Waals surface area contributed by atoms with Gasteiger partial charge in [0, 0.05) is 17.7 Å². The molecule has 9 heteroatoms. The van der Waals surface area contributed by atoms with Crippen molar-refractivity contribution in [3.8, 4) is 17.2 Å². The van der Waals surface area contributed by atoms with Gasteiger partial charge in [-0.15, -0.1) is 0 Å². The van der Waals surface area contributed by atoms with Gasteiger partial charge in [-0.3, -0.25) is 14.9 Å². The first-order valence-electron chi connectivity index (χ1n) is 9.56. The second kappa shape index (κ2) is 10.4. The quantitative estimate of drug-likeness (QED) is 0.452. The van der Waals surface area contributed by atoms with E-state index >= 15 is 0 Å². The van der Waals surface area contributed by atoms with E-state index in [1.54, 1.807) is 14.0 Å². The number of nitro groups is 1. The molecule has 1 unspecified atom stereocenters. The number of hydrogen-bond acceptors (Lipinski definition) is 6. The Bertz CT molecular complexity index is 902. The van der Waals surface area contributed by atoms with Gasteiger partial charge in [0.2, 0.25) is 0 Å². The van der Waals surface area contributed by atoms with E-state index in [1.807, 2.05) is 32.2 Å². The molecule has 0 radical (unpaired) electrons. The van der Waals surface area contributed by atoms with Crippen molar-refractivity contribution >= 4 is 17.3 Å². The predicted octanol–water partition coefficient (Wildman–Crippen LogP) is 2.05. The highest BCUT2D eigenvalue weighted by Gasteiger charge is 2.24. The average molecular weight is 418 g/mol. The van der Waals surface area contributed by atoms with Crippen LogP contribution in [-0.4, -0.2) is 44.7 Å². The van der Waals surface area contributed by atoms with Crippen LogP contribution in [0.25, 0.3) is 0 Å². The van der Waals surface area contributed by atoms with Crippen molar-refractivity contribution in [1.82, 2.24) is 0 Å². The number of carbonyl (C=O) groups excluding carboxylic acids is 1. The third-order valence-electron chi connectivity index (χ3n) is 4.80. The monoisotopic (exact) mass is 418 g/mol. The van der Waals surface area contributed by atoms with Crippen LogP contribution in [0.2, 0.25) is 0 Å². The first-order chi connectivity index (χ1) is 14.3. The summed E-state index contributed by atoms with van der Waals surface area (Å²) < 4.78 is 16.1. The van der Waals surface area contributed by atoms with Crippen LogP contribution in [0.1, 0.15) is 19.4 Å². The number of likely N-dealkylation sites (N-methyl/N-ethyl adjacent to an activating group) is 1. The maximum Gasteiger partial charge on any atom is 0.282 e. The van der Waals surface area contributed by atoms with Gasteiger partial charge >= 0.3 is 0 Å². The molecule has 9 nitrogen and oxygen atoms in total. The zero-order valence-electron chi connectivity index (χ0n) is 17.9. The summed E-state index contributed by atoms with van der Waals surface area (Å²) in [5.41, 5.74) is 1.13. The summed E-state index contributed by atoms with van der Waals surface area (Å²) in [6.07, 6.45) is 0. The summed E-state index contributed by atoms with van der Waals surface area (Å²) in [6, 6.07) is 9.33. The molecule has 162 valence electrons. The minimum atomic E-state index is -0.519. The lowest BCUT2D eigenvalue weighted by atomic mass is 10.1. The second-order valence-corrected chi connectivity index (χ2v) is 6.79.